The van der Waals surface area contributed by atoms with Crippen molar-refractivity contribution in [2.24, 2.45) is 0 Å². The van der Waals surface area contributed by atoms with Crippen LogP contribution in [0.5, 0.6) is 5.75 Å². The topological polar surface area (TPSA) is 81.6 Å². The van der Waals surface area contributed by atoms with Crippen molar-refractivity contribution in [3.05, 3.63) is 59.9 Å². The maximum atomic E-state index is 13.0. The molecule has 0 bridgehead atoms. The highest BCUT2D eigenvalue weighted by Gasteiger charge is 2.25. The molecule has 0 radical (unpaired) electrons. The van der Waals surface area contributed by atoms with E-state index in [-0.39, 0.29) is 18.1 Å². The normalized spacial score (nSPS) is 11.0. The molecule has 0 saturated heterocycles. The Bertz CT molecular complexity index is 1050. The van der Waals surface area contributed by atoms with E-state index in [1.54, 1.807) is 32.4 Å². The van der Waals surface area contributed by atoms with Crippen LogP contribution in [0, 0.1) is 6.92 Å². The Kier molecular flexibility index (Phi) is 4.18. The first-order chi connectivity index (χ1) is 12.7. The second kappa shape index (κ2) is 6.64. The standard InChI is InChI=1S/C18H15N3O4S/c1-11-9-13(20-25-11)17(22)21(10-12-5-4-8-24-12)18-19-16-14(23-2)6-3-7-15(16)26-18/h3-9H,10H2,1-2H3. The van der Waals surface area contributed by atoms with Crippen LogP contribution in [0.3, 0.4) is 0 Å². The molecular formula is C18H15N3O4S. The quantitative estimate of drug-likeness (QED) is 0.528. The molecule has 1 amide bonds. The maximum absolute atomic E-state index is 13.0. The Morgan fingerprint density at radius 2 is 2.19 bits per heavy atom. The van der Waals surface area contributed by atoms with Gasteiger partial charge in [-0.05, 0) is 31.2 Å². The Hall–Kier alpha value is -3.13. The summed E-state index contributed by atoms with van der Waals surface area (Å²) in [4.78, 5) is 19.2. The van der Waals surface area contributed by atoms with E-state index in [0.717, 1.165) is 4.70 Å². The smallest absolute Gasteiger partial charge is 0.282 e. The monoisotopic (exact) mass is 369 g/mol. The first kappa shape index (κ1) is 16.3. The van der Waals surface area contributed by atoms with Gasteiger partial charge in [0, 0.05) is 6.07 Å². The summed E-state index contributed by atoms with van der Waals surface area (Å²) in [5, 5.41) is 4.37. The molecule has 0 aliphatic rings. The minimum absolute atomic E-state index is 0.222. The van der Waals surface area contributed by atoms with Crippen molar-refractivity contribution in [2.45, 2.75) is 13.5 Å². The molecule has 0 spiro atoms. The van der Waals surface area contributed by atoms with Gasteiger partial charge in [-0.1, -0.05) is 22.6 Å². The van der Waals surface area contributed by atoms with E-state index >= 15 is 0 Å². The van der Waals surface area contributed by atoms with E-state index < -0.39 is 0 Å². The first-order valence-electron chi connectivity index (χ1n) is 7.87. The van der Waals surface area contributed by atoms with Crippen molar-refractivity contribution in [3.8, 4) is 5.75 Å². The number of fused-ring (bicyclic) bond motifs is 1. The molecule has 3 heterocycles. The van der Waals surface area contributed by atoms with E-state index in [2.05, 4.69) is 10.1 Å². The molecule has 0 unspecified atom stereocenters. The number of carbonyl (C=O) groups excluding carboxylic acids is 1. The summed E-state index contributed by atoms with van der Waals surface area (Å²) >= 11 is 1.40. The molecule has 4 aromatic rings. The number of thiazole rings is 1. The number of ether oxygens (including phenoxy) is 1. The molecule has 7 nitrogen and oxygen atoms in total. The Morgan fingerprint density at radius 3 is 2.88 bits per heavy atom. The summed E-state index contributed by atoms with van der Waals surface area (Å²) in [5.74, 6) is 1.56. The van der Waals surface area contributed by atoms with Crippen LogP contribution >= 0.6 is 11.3 Å². The molecular weight excluding hydrogens is 354 g/mol. The van der Waals surface area contributed by atoms with Crippen LogP contribution in [0.4, 0.5) is 5.13 Å². The van der Waals surface area contributed by atoms with Crippen LogP contribution in [0.2, 0.25) is 0 Å². The number of aromatic nitrogens is 2. The lowest BCUT2D eigenvalue weighted by Crippen LogP contribution is -2.30. The van der Waals surface area contributed by atoms with Gasteiger partial charge in [-0.2, -0.15) is 0 Å². The molecule has 0 saturated carbocycles. The summed E-state index contributed by atoms with van der Waals surface area (Å²) in [6.45, 7) is 1.98. The number of carbonyl (C=O) groups is 1. The van der Waals surface area contributed by atoms with E-state index in [1.165, 1.54) is 16.2 Å². The van der Waals surface area contributed by atoms with Gasteiger partial charge in [0.25, 0.3) is 5.91 Å². The Labute approximate surface area is 152 Å². The van der Waals surface area contributed by atoms with Crippen molar-refractivity contribution >= 4 is 32.6 Å². The van der Waals surface area contributed by atoms with Crippen molar-refractivity contribution in [3.63, 3.8) is 0 Å². The number of hydrogen-bond acceptors (Lipinski definition) is 7. The lowest BCUT2D eigenvalue weighted by molar-refractivity contribution is 0.0974. The van der Waals surface area contributed by atoms with Gasteiger partial charge in [0.2, 0.25) is 0 Å². The minimum atomic E-state index is -0.309. The number of hydrogen-bond donors (Lipinski definition) is 0. The summed E-state index contributed by atoms with van der Waals surface area (Å²) in [6.07, 6.45) is 1.57. The van der Waals surface area contributed by atoms with E-state index in [1.807, 2.05) is 24.3 Å². The second-order valence-corrected chi connectivity index (χ2v) is 6.61. The molecule has 26 heavy (non-hydrogen) atoms. The molecule has 0 aliphatic carbocycles. The number of furan rings is 1. The Morgan fingerprint density at radius 1 is 1.31 bits per heavy atom. The van der Waals surface area contributed by atoms with Gasteiger partial charge in [0.1, 0.15) is 22.8 Å². The van der Waals surface area contributed by atoms with E-state index in [4.69, 9.17) is 13.7 Å². The maximum Gasteiger partial charge on any atom is 0.282 e. The molecule has 0 fully saturated rings. The number of anilines is 1. The zero-order chi connectivity index (χ0) is 18.1. The van der Waals surface area contributed by atoms with Gasteiger partial charge in [0.15, 0.2) is 10.8 Å². The van der Waals surface area contributed by atoms with Crippen LogP contribution in [0.25, 0.3) is 10.2 Å². The molecule has 0 N–H and O–H groups in total. The van der Waals surface area contributed by atoms with Gasteiger partial charge >= 0.3 is 0 Å². The van der Waals surface area contributed by atoms with Crippen LogP contribution in [0.15, 0.2) is 51.6 Å². The zero-order valence-corrected chi connectivity index (χ0v) is 14.9. The number of aryl methyl sites for hydroxylation is 1. The lowest BCUT2D eigenvalue weighted by atomic mass is 10.3. The molecule has 1 aromatic carbocycles. The van der Waals surface area contributed by atoms with Gasteiger partial charge in [0.05, 0.1) is 24.6 Å². The fourth-order valence-corrected chi connectivity index (χ4v) is 3.56. The number of rotatable bonds is 5. The predicted molar refractivity (Wildman–Crippen MR) is 96.6 cm³/mol. The summed E-state index contributed by atoms with van der Waals surface area (Å²) in [6, 6.07) is 10.9. The minimum Gasteiger partial charge on any atom is -0.494 e. The molecule has 0 atom stereocenters. The highest BCUT2D eigenvalue weighted by molar-refractivity contribution is 7.22. The SMILES string of the molecule is COc1cccc2sc(N(Cc3ccco3)C(=O)c3cc(C)on3)nc12. The van der Waals surface area contributed by atoms with Crippen molar-refractivity contribution in [1.82, 2.24) is 10.1 Å². The number of amides is 1. The number of benzene rings is 1. The number of nitrogens with zero attached hydrogens (tertiary/aromatic N) is 3. The summed E-state index contributed by atoms with van der Waals surface area (Å²) < 4.78 is 16.7. The molecule has 0 aliphatic heterocycles. The first-order valence-corrected chi connectivity index (χ1v) is 8.68. The lowest BCUT2D eigenvalue weighted by Gasteiger charge is -2.17. The van der Waals surface area contributed by atoms with Crippen molar-refractivity contribution < 1.29 is 18.5 Å². The van der Waals surface area contributed by atoms with Crippen LogP contribution in [-0.4, -0.2) is 23.2 Å². The number of para-hydroxylation sites is 1. The van der Waals surface area contributed by atoms with Crippen molar-refractivity contribution in [1.29, 1.82) is 0 Å². The average Bonchev–Trinajstić information content (AvgIpc) is 3.38. The third-order valence-electron chi connectivity index (χ3n) is 3.81. The van der Waals surface area contributed by atoms with Gasteiger partial charge in [-0.3, -0.25) is 9.69 Å². The largest absolute Gasteiger partial charge is 0.494 e. The average molecular weight is 369 g/mol. The summed E-state index contributed by atoms with van der Waals surface area (Å²) in [7, 11) is 1.59. The third kappa shape index (κ3) is 2.95. The van der Waals surface area contributed by atoms with Crippen LogP contribution in [-0.2, 0) is 6.54 Å². The van der Waals surface area contributed by atoms with Crippen molar-refractivity contribution in [2.75, 3.05) is 12.0 Å². The van der Waals surface area contributed by atoms with Gasteiger partial charge in [-0.25, -0.2) is 4.98 Å². The van der Waals surface area contributed by atoms with Gasteiger partial charge in [-0.15, -0.1) is 0 Å². The van der Waals surface area contributed by atoms with E-state index in [9.17, 15) is 4.79 Å². The van der Waals surface area contributed by atoms with E-state index in [0.29, 0.717) is 27.9 Å². The summed E-state index contributed by atoms with van der Waals surface area (Å²) in [5.41, 5.74) is 0.934. The molecule has 8 heteroatoms. The highest BCUT2D eigenvalue weighted by atomic mass is 32.1. The molecule has 3 aromatic heterocycles. The van der Waals surface area contributed by atoms with Crippen LogP contribution in [0.1, 0.15) is 22.0 Å². The third-order valence-corrected chi connectivity index (χ3v) is 4.85. The fraction of sp³-hybridized carbons (Fsp3) is 0.167. The zero-order valence-electron chi connectivity index (χ0n) is 14.1. The Balaban J connectivity index is 1.78. The van der Waals surface area contributed by atoms with Gasteiger partial charge < -0.3 is 13.7 Å². The second-order valence-electron chi connectivity index (χ2n) is 5.60. The fourth-order valence-electron chi connectivity index (χ4n) is 2.58. The predicted octanol–water partition coefficient (Wildman–Crippen LogP) is 4.04. The molecule has 132 valence electrons. The number of methoxy groups -OCH3 is 1. The van der Waals surface area contributed by atoms with Crippen LogP contribution < -0.4 is 9.64 Å². The molecule has 4 rings (SSSR count). The highest BCUT2D eigenvalue weighted by Crippen LogP contribution is 2.35.